The highest BCUT2D eigenvalue weighted by atomic mass is 35.5. The van der Waals surface area contributed by atoms with Crippen molar-refractivity contribution >= 4 is 29.1 Å². The number of aliphatic hydroxyl groups excluding tert-OH is 1. The van der Waals surface area contributed by atoms with Gasteiger partial charge in [-0.15, -0.1) is 0 Å². The fraction of sp³-hybridized carbons (Fsp3) is 0.633. The molecule has 2 aliphatic heterocycles. The highest BCUT2D eigenvalue weighted by Gasteiger charge is 2.34. The van der Waals surface area contributed by atoms with Crippen LogP contribution in [-0.2, 0) is 6.54 Å². The maximum Gasteiger partial charge on any atom is 0.273 e. The van der Waals surface area contributed by atoms with Crippen LogP contribution in [0, 0.1) is 0 Å². The Morgan fingerprint density at radius 2 is 1.84 bits per heavy atom. The third kappa shape index (κ3) is 10.6. The number of anilines is 2. The molecule has 2 aliphatic rings. The van der Waals surface area contributed by atoms with E-state index in [2.05, 4.69) is 36.9 Å². The number of likely N-dealkylation sites (tertiary alicyclic amines) is 1. The molecule has 3 heterocycles. The quantitative estimate of drug-likeness (QED) is 0.308. The summed E-state index contributed by atoms with van der Waals surface area (Å²) in [6.45, 7) is 7.06. The van der Waals surface area contributed by atoms with E-state index in [1.165, 1.54) is 5.56 Å². The van der Waals surface area contributed by atoms with Crippen LogP contribution in [0.3, 0.4) is 0 Å². The zero-order chi connectivity index (χ0) is 32.5. The number of amides is 1. The van der Waals surface area contributed by atoms with Gasteiger partial charge >= 0.3 is 0 Å². The highest BCUT2D eigenvalue weighted by Crippen LogP contribution is 2.30. The molecule has 1 aromatic carbocycles. The van der Waals surface area contributed by atoms with E-state index in [0.29, 0.717) is 51.0 Å². The number of carbonyl (C=O) groups excluding carboxylic acids is 1. The van der Waals surface area contributed by atoms with Crippen molar-refractivity contribution in [3.8, 4) is 5.75 Å². The molecule has 0 saturated carbocycles. The first-order chi connectivity index (χ1) is 21.4. The molecular weight excluding hydrogens is 599 g/mol. The maximum absolute atomic E-state index is 12.4. The number of nitrogens with two attached hydrogens (primary N) is 1. The summed E-state index contributed by atoms with van der Waals surface area (Å²) in [6, 6.07) is 8.52. The first-order valence-corrected chi connectivity index (χ1v) is 15.3. The summed E-state index contributed by atoms with van der Waals surface area (Å²) in [5, 5.41) is 11.8. The predicted octanol–water partition coefficient (Wildman–Crippen LogP) is 4.26. The molecule has 1 amide bonds. The minimum atomic E-state index is -0.813. The first kappa shape index (κ1) is 37.3. The van der Waals surface area contributed by atoms with Gasteiger partial charge in [0.05, 0.1) is 14.4 Å². The molecule has 10 nitrogen and oxygen atoms in total. The highest BCUT2D eigenvalue weighted by molar-refractivity contribution is 6.32. The lowest BCUT2D eigenvalue weighted by Crippen LogP contribution is -2.56. The second-order valence-corrected chi connectivity index (χ2v) is 10.8. The summed E-state index contributed by atoms with van der Waals surface area (Å²) < 4.78 is 36.3. The Bertz CT molecular complexity index is 1120. The van der Waals surface area contributed by atoms with E-state index < -0.39 is 12.8 Å². The zero-order valence-electron chi connectivity index (χ0n) is 26.0. The zero-order valence-corrected chi connectivity index (χ0v) is 26.7. The van der Waals surface area contributed by atoms with E-state index in [1.807, 2.05) is 24.3 Å². The number of aliphatic hydroxyl groups is 1. The average molecular weight is 646 g/mol. The minimum absolute atomic E-state index is 0.00409. The van der Waals surface area contributed by atoms with Crippen molar-refractivity contribution in [2.75, 3.05) is 77.7 Å². The largest absolute Gasteiger partial charge is 0.463 e. The predicted molar refractivity (Wildman–Crippen MR) is 169 cm³/mol. The van der Waals surface area contributed by atoms with Gasteiger partial charge in [0.1, 0.15) is 5.75 Å². The Hall–Kier alpha value is -2.87. The number of rotatable bonds is 11. The summed E-state index contributed by atoms with van der Waals surface area (Å²) in [6.07, 6.45) is 4.84. The van der Waals surface area contributed by atoms with Gasteiger partial charge < -0.3 is 25.8 Å². The number of benzene rings is 1. The number of piperazine rings is 1. The molecule has 2 saturated heterocycles. The minimum Gasteiger partial charge on any atom is -0.463 e. The smallest absolute Gasteiger partial charge is 0.273 e. The molecule has 0 spiro atoms. The molecular formula is C30H47ClF3N7O3. The van der Waals surface area contributed by atoms with Crippen molar-refractivity contribution in [2.24, 2.45) is 0 Å². The lowest BCUT2D eigenvalue weighted by molar-refractivity contribution is 0.0946. The number of nitrogens with zero attached hydrogens (tertiary/aromatic N) is 5. The lowest BCUT2D eigenvalue weighted by atomic mass is 10.0. The van der Waals surface area contributed by atoms with Crippen molar-refractivity contribution in [3.63, 3.8) is 0 Å². The SMILES string of the molecule is CCC1CN(c2nc(N)c(C(=O)NCCCO)nc2Cl)CCN1C1CCCN(Cc2ccc(OCF)cc2)CC1.CF.CF. The Kier molecular flexibility index (Phi) is 17.1. The number of halogens is 4. The number of nitrogens with one attached hydrogen (secondary N) is 1. The third-order valence-corrected chi connectivity index (χ3v) is 8.06. The monoisotopic (exact) mass is 645 g/mol. The van der Waals surface area contributed by atoms with Crippen LogP contribution in [0.4, 0.5) is 24.8 Å². The van der Waals surface area contributed by atoms with Crippen LogP contribution >= 0.6 is 11.6 Å². The van der Waals surface area contributed by atoms with Gasteiger partial charge in [0.25, 0.3) is 5.91 Å². The normalized spacial score (nSPS) is 19.1. The molecule has 248 valence electrons. The van der Waals surface area contributed by atoms with E-state index in [0.717, 1.165) is 65.0 Å². The standard InChI is InChI=1S/C28H41ClFN7O3.2CH3F/c1-2-21-18-36(27-25(29)33-24(26(31)34-27)28(39)32-11-4-16-38)14-15-37(21)22-5-3-12-35(13-10-22)17-20-6-8-23(9-7-20)40-19-30;2*1-2/h6-9,21-22,38H,2-5,10-19H2,1H3,(H2,31,34)(H,32,39);2*1H3. The van der Waals surface area contributed by atoms with E-state index in [-0.39, 0.29) is 23.3 Å². The van der Waals surface area contributed by atoms with Crippen LogP contribution in [-0.4, -0.2) is 110 Å². The first-order valence-electron chi connectivity index (χ1n) is 14.9. The number of ether oxygens (including phenoxy) is 1. The molecule has 2 unspecified atom stereocenters. The summed E-state index contributed by atoms with van der Waals surface area (Å²) in [5.74, 6) is 0.662. The van der Waals surface area contributed by atoms with E-state index in [4.69, 9.17) is 27.2 Å². The van der Waals surface area contributed by atoms with Gasteiger partial charge in [0, 0.05) is 51.4 Å². The molecule has 14 heteroatoms. The molecule has 2 atom stereocenters. The van der Waals surface area contributed by atoms with Gasteiger partial charge in [-0.25, -0.2) is 14.4 Å². The Balaban J connectivity index is 0.00000162. The van der Waals surface area contributed by atoms with Gasteiger partial charge in [-0.1, -0.05) is 30.7 Å². The molecule has 4 rings (SSSR count). The fourth-order valence-electron chi connectivity index (χ4n) is 5.70. The molecule has 0 radical (unpaired) electrons. The molecule has 4 N–H and O–H groups in total. The van der Waals surface area contributed by atoms with Crippen LogP contribution in [0.15, 0.2) is 24.3 Å². The third-order valence-electron chi connectivity index (χ3n) is 7.81. The van der Waals surface area contributed by atoms with Gasteiger partial charge in [-0.2, -0.15) is 0 Å². The number of alkyl halides is 3. The van der Waals surface area contributed by atoms with Crippen LogP contribution in [0.2, 0.25) is 5.15 Å². The average Bonchev–Trinajstić information content (AvgIpc) is 3.30. The number of carbonyl (C=O) groups is 1. The van der Waals surface area contributed by atoms with Crippen molar-refractivity contribution < 1.29 is 27.8 Å². The molecule has 2 fully saturated rings. The van der Waals surface area contributed by atoms with Crippen molar-refractivity contribution in [3.05, 3.63) is 40.7 Å². The summed E-state index contributed by atoms with van der Waals surface area (Å²) >= 11 is 6.51. The second kappa shape index (κ2) is 20.2. The molecule has 0 bridgehead atoms. The van der Waals surface area contributed by atoms with Crippen molar-refractivity contribution in [1.29, 1.82) is 0 Å². The number of aromatic nitrogens is 2. The van der Waals surface area contributed by atoms with Crippen molar-refractivity contribution in [2.45, 2.75) is 57.7 Å². The van der Waals surface area contributed by atoms with Crippen molar-refractivity contribution in [1.82, 2.24) is 25.1 Å². The number of nitrogen functional groups attached to an aromatic ring is 1. The van der Waals surface area contributed by atoms with Gasteiger partial charge in [0.2, 0.25) is 6.86 Å². The fourth-order valence-corrected chi connectivity index (χ4v) is 5.94. The van der Waals surface area contributed by atoms with Gasteiger partial charge in [-0.05, 0) is 62.9 Å². The topological polar surface area (TPSA) is 120 Å². The molecule has 44 heavy (non-hydrogen) atoms. The lowest BCUT2D eigenvalue weighted by Gasteiger charge is -2.45. The molecule has 0 aliphatic carbocycles. The molecule has 1 aromatic heterocycles. The van der Waals surface area contributed by atoms with Gasteiger partial charge in [-0.3, -0.25) is 23.4 Å². The Morgan fingerprint density at radius 1 is 1.11 bits per heavy atom. The summed E-state index contributed by atoms with van der Waals surface area (Å²) in [5.41, 5.74) is 7.32. The number of hydrogen-bond donors (Lipinski definition) is 3. The second-order valence-electron chi connectivity index (χ2n) is 10.4. The van der Waals surface area contributed by atoms with Crippen LogP contribution in [0.1, 0.15) is 55.1 Å². The van der Waals surface area contributed by atoms with E-state index in [1.54, 1.807) is 0 Å². The van der Waals surface area contributed by atoms with Crippen LogP contribution in [0.25, 0.3) is 0 Å². The van der Waals surface area contributed by atoms with Gasteiger partial charge in [0.15, 0.2) is 22.5 Å². The Morgan fingerprint density at radius 3 is 2.50 bits per heavy atom. The molecule has 2 aromatic rings. The summed E-state index contributed by atoms with van der Waals surface area (Å²) in [4.78, 5) is 28.4. The number of hydrogen-bond acceptors (Lipinski definition) is 9. The van der Waals surface area contributed by atoms with E-state index in [9.17, 15) is 18.0 Å². The summed E-state index contributed by atoms with van der Waals surface area (Å²) in [7, 11) is 1.00. The van der Waals surface area contributed by atoms with Crippen LogP contribution in [0.5, 0.6) is 5.75 Å². The van der Waals surface area contributed by atoms with Crippen LogP contribution < -0.4 is 20.7 Å². The maximum atomic E-state index is 12.4. The Labute approximate surface area is 263 Å². The van der Waals surface area contributed by atoms with E-state index >= 15 is 0 Å².